The summed E-state index contributed by atoms with van der Waals surface area (Å²) >= 11 is 0. The van der Waals surface area contributed by atoms with E-state index < -0.39 is 30.3 Å². The van der Waals surface area contributed by atoms with Crippen LogP contribution < -0.4 is 20.9 Å². The number of imidazole rings is 1. The molecule has 6 atom stereocenters. The van der Waals surface area contributed by atoms with Crippen LogP contribution in [0.15, 0.2) is 79.0 Å². The zero-order chi connectivity index (χ0) is 48.2. The maximum absolute atomic E-state index is 13.7. The Kier molecular flexibility index (Phi) is 15.0. The molecule has 15 heteroatoms. The number of alkyl carbamates (subject to hydrolysis) is 2. The van der Waals surface area contributed by atoms with Gasteiger partial charge in [-0.05, 0) is 102 Å². The minimum atomic E-state index is -0.804. The van der Waals surface area contributed by atoms with Crippen LogP contribution in [0, 0.1) is 11.8 Å². The Bertz CT molecular complexity index is 2370. The Hall–Kier alpha value is -6.38. The lowest BCUT2D eigenvalue weighted by Crippen LogP contribution is -2.54. The molecule has 3 aliphatic rings. The van der Waals surface area contributed by atoms with Crippen LogP contribution in [0.5, 0.6) is 0 Å². The number of ether oxygens (including phenoxy) is 2. The van der Waals surface area contributed by atoms with Gasteiger partial charge < -0.3 is 45.1 Å². The molecule has 3 aromatic carbocycles. The van der Waals surface area contributed by atoms with Crippen molar-refractivity contribution in [1.29, 1.82) is 0 Å². The first-order valence-corrected chi connectivity index (χ1v) is 23.7. The lowest BCUT2D eigenvalue weighted by Gasteiger charge is -2.34. The summed E-state index contributed by atoms with van der Waals surface area (Å²) in [6.07, 6.45) is 5.20. The quantitative estimate of drug-likeness (QED) is 0.102. The van der Waals surface area contributed by atoms with E-state index in [0.717, 1.165) is 54.0 Å². The van der Waals surface area contributed by atoms with Crippen LogP contribution in [0.2, 0.25) is 0 Å². The number of hydrogen-bond acceptors (Lipinski definition) is 9. The summed E-state index contributed by atoms with van der Waals surface area (Å²) < 4.78 is 9.55. The molecule has 5 amide bonds. The zero-order valence-corrected chi connectivity index (χ0v) is 40.4. The third kappa shape index (κ3) is 10.8. The molecule has 358 valence electrons. The minimum absolute atomic E-state index is 0.00760. The van der Waals surface area contributed by atoms with Crippen molar-refractivity contribution in [1.82, 2.24) is 30.4 Å². The van der Waals surface area contributed by atoms with Crippen molar-refractivity contribution < 1.29 is 33.4 Å². The fourth-order valence-corrected chi connectivity index (χ4v) is 9.88. The van der Waals surface area contributed by atoms with Gasteiger partial charge in [0.2, 0.25) is 17.7 Å². The average Bonchev–Trinajstić information content (AvgIpc) is 4.16. The number of carbonyl (C=O) groups excluding carboxylic acids is 5. The fourth-order valence-electron chi connectivity index (χ4n) is 9.88. The normalized spacial score (nSPS) is 20.5. The van der Waals surface area contributed by atoms with Gasteiger partial charge in [-0.3, -0.25) is 14.4 Å². The van der Waals surface area contributed by atoms with Crippen LogP contribution in [0.4, 0.5) is 21.0 Å². The van der Waals surface area contributed by atoms with E-state index in [1.165, 1.54) is 25.3 Å². The molecule has 15 nitrogen and oxygen atoms in total. The van der Waals surface area contributed by atoms with Gasteiger partial charge >= 0.3 is 12.2 Å². The van der Waals surface area contributed by atoms with E-state index in [1.807, 2.05) is 50.9 Å². The van der Waals surface area contributed by atoms with Gasteiger partial charge in [-0.25, -0.2) is 14.6 Å². The summed E-state index contributed by atoms with van der Waals surface area (Å²) in [5.74, 6) is -0.280. The lowest BCUT2D eigenvalue weighted by atomic mass is 9.87. The molecular weight excluding hydrogens is 849 g/mol. The van der Waals surface area contributed by atoms with Crippen molar-refractivity contribution in [3.8, 4) is 11.3 Å². The first-order chi connectivity index (χ1) is 32.0. The van der Waals surface area contributed by atoms with Crippen LogP contribution in [-0.4, -0.2) is 95.1 Å². The van der Waals surface area contributed by atoms with Gasteiger partial charge in [0.15, 0.2) is 0 Å². The molecular formula is C52H68N8O7. The molecule has 0 radical (unpaired) electrons. The molecule has 0 spiro atoms. The van der Waals surface area contributed by atoms with E-state index in [2.05, 4.69) is 107 Å². The van der Waals surface area contributed by atoms with Crippen molar-refractivity contribution in [2.75, 3.05) is 37.5 Å². The Balaban J connectivity index is 1.08. The SMILES string of the molecule is COC(=O)N[C@H](C(=O)N1CCC[C@H]1C(=O)Nc1ccc([C@@H]2CC[C@@H](c3ccc(-c4cnc([C@@H]5CCCN5C(=O)[C@@H](NC(=O)OC)C(C)C)[nH]4)cc3)N2c2ccc(C(C)(C)C)cc2)cc1)C(C)C. The maximum Gasteiger partial charge on any atom is 0.407 e. The maximum atomic E-state index is 13.7. The van der Waals surface area contributed by atoms with E-state index in [1.54, 1.807) is 4.90 Å². The summed E-state index contributed by atoms with van der Waals surface area (Å²) in [6, 6.07) is 23.4. The van der Waals surface area contributed by atoms with Gasteiger partial charge in [0.1, 0.15) is 23.9 Å². The predicted octanol–water partition coefficient (Wildman–Crippen LogP) is 8.81. The Morgan fingerprint density at radius 2 is 1.19 bits per heavy atom. The highest BCUT2D eigenvalue weighted by molar-refractivity contribution is 5.98. The predicted molar refractivity (Wildman–Crippen MR) is 258 cm³/mol. The number of amides is 5. The summed E-state index contributed by atoms with van der Waals surface area (Å²) in [4.78, 5) is 79.3. The van der Waals surface area contributed by atoms with Crippen LogP contribution >= 0.6 is 0 Å². The molecule has 1 aromatic heterocycles. The third-order valence-corrected chi connectivity index (χ3v) is 13.7. The number of hydrogen-bond donors (Lipinski definition) is 4. The van der Waals surface area contributed by atoms with Gasteiger partial charge in [0.25, 0.3) is 0 Å². The summed E-state index contributed by atoms with van der Waals surface area (Å²) in [5.41, 5.74) is 7.22. The van der Waals surface area contributed by atoms with E-state index in [0.29, 0.717) is 31.6 Å². The topological polar surface area (TPSA) is 178 Å². The number of methoxy groups -OCH3 is 2. The van der Waals surface area contributed by atoms with Crippen molar-refractivity contribution in [3.63, 3.8) is 0 Å². The number of H-pyrrole nitrogens is 1. The summed E-state index contributed by atoms with van der Waals surface area (Å²) in [6.45, 7) is 15.2. The van der Waals surface area contributed by atoms with Crippen LogP contribution in [0.25, 0.3) is 11.3 Å². The number of benzene rings is 3. The number of carbonyl (C=O) groups is 5. The second-order valence-electron chi connectivity index (χ2n) is 19.8. The van der Waals surface area contributed by atoms with E-state index in [4.69, 9.17) is 14.5 Å². The number of nitrogens with zero attached hydrogens (tertiary/aromatic N) is 4. The Morgan fingerprint density at radius 1 is 0.672 bits per heavy atom. The lowest BCUT2D eigenvalue weighted by molar-refractivity contribution is -0.139. The molecule has 7 rings (SSSR count). The molecule has 0 bridgehead atoms. The molecule has 3 fully saturated rings. The number of rotatable bonds is 13. The first kappa shape index (κ1) is 48.6. The molecule has 67 heavy (non-hydrogen) atoms. The second-order valence-corrected chi connectivity index (χ2v) is 19.8. The molecule has 4 N–H and O–H groups in total. The molecule has 4 heterocycles. The monoisotopic (exact) mass is 917 g/mol. The third-order valence-electron chi connectivity index (χ3n) is 13.7. The molecule has 3 aliphatic heterocycles. The molecule has 4 aromatic rings. The minimum Gasteiger partial charge on any atom is -0.453 e. The number of aromatic amines is 1. The van der Waals surface area contributed by atoms with Crippen LogP contribution in [0.3, 0.4) is 0 Å². The highest BCUT2D eigenvalue weighted by Crippen LogP contribution is 2.47. The molecule has 0 saturated carbocycles. The fraction of sp³-hybridized carbons (Fsp3) is 0.500. The number of aromatic nitrogens is 2. The van der Waals surface area contributed by atoms with E-state index >= 15 is 0 Å². The van der Waals surface area contributed by atoms with Gasteiger partial charge in [-0.1, -0.05) is 97.0 Å². The summed E-state index contributed by atoms with van der Waals surface area (Å²) in [5, 5.41) is 8.42. The highest BCUT2D eigenvalue weighted by Gasteiger charge is 2.41. The van der Waals surface area contributed by atoms with Gasteiger partial charge in [0, 0.05) is 24.5 Å². The highest BCUT2D eigenvalue weighted by atomic mass is 16.5. The average molecular weight is 917 g/mol. The van der Waals surface area contributed by atoms with Crippen LogP contribution in [0.1, 0.15) is 128 Å². The van der Waals surface area contributed by atoms with Gasteiger partial charge in [0.05, 0.1) is 44.2 Å². The number of likely N-dealkylation sites (tertiary alicyclic amines) is 2. The first-order valence-electron chi connectivity index (χ1n) is 23.7. The zero-order valence-electron chi connectivity index (χ0n) is 40.4. The van der Waals surface area contributed by atoms with Crippen molar-refractivity contribution in [2.24, 2.45) is 11.8 Å². The Morgan fingerprint density at radius 3 is 1.73 bits per heavy atom. The number of anilines is 2. The van der Waals surface area contributed by atoms with Gasteiger partial charge in [-0.2, -0.15) is 0 Å². The molecule has 3 saturated heterocycles. The summed E-state index contributed by atoms with van der Waals surface area (Å²) in [7, 11) is 2.55. The van der Waals surface area contributed by atoms with Gasteiger partial charge in [-0.15, -0.1) is 0 Å². The largest absolute Gasteiger partial charge is 0.453 e. The molecule has 0 unspecified atom stereocenters. The van der Waals surface area contributed by atoms with Crippen molar-refractivity contribution in [2.45, 2.75) is 129 Å². The standard InChI is InChI=1S/C52H68N8O7/c1-31(2)44(56-50(64)66-8)48(62)58-28-10-12-42(58)46-53-30-39(55-46)33-14-16-34(17-15-33)40-26-27-41(60(40)38-24-20-36(21-25-38)52(5,6)7)35-18-22-37(23-19-35)54-47(61)43-13-11-29-59(43)49(63)45(32(3)4)57-51(65)67-9/h14-25,30-32,40-45H,10-13,26-29H2,1-9H3,(H,53,55)(H,54,61)(H,56,64)(H,57,65)/t40-,41-,42-,43-,44-,45-/m0/s1. The smallest absolute Gasteiger partial charge is 0.407 e. The van der Waals surface area contributed by atoms with Crippen LogP contribution in [-0.2, 0) is 29.3 Å². The van der Waals surface area contributed by atoms with Crippen molar-refractivity contribution >= 4 is 41.3 Å². The second kappa shape index (κ2) is 20.6. The Labute approximate surface area is 394 Å². The molecule has 0 aliphatic carbocycles. The van der Waals surface area contributed by atoms with E-state index in [9.17, 15) is 24.0 Å². The number of nitrogens with one attached hydrogen (secondary N) is 4. The van der Waals surface area contributed by atoms with E-state index in [-0.39, 0.29) is 53.1 Å². The van der Waals surface area contributed by atoms with Crippen molar-refractivity contribution in [3.05, 3.63) is 102 Å².